The van der Waals surface area contributed by atoms with Crippen LogP contribution in [0.2, 0.25) is 0 Å². The number of oxazole rings is 1. The summed E-state index contributed by atoms with van der Waals surface area (Å²) in [7, 11) is 0. The zero-order valence-electron chi connectivity index (χ0n) is 10.5. The number of nitrogens with zero attached hydrogens (tertiary/aromatic N) is 2. The first-order valence-corrected chi connectivity index (χ1v) is 6.01. The zero-order valence-corrected chi connectivity index (χ0v) is 10.5. The van der Waals surface area contributed by atoms with Crippen LogP contribution in [0.3, 0.4) is 0 Å². The largest absolute Gasteiger partial charge is 0.451 e. The second-order valence-electron chi connectivity index (χ2n) is 4.30. The highest BCUT2D eigenvalue weighted by Gasteiger charge is 2.29. The Hall–Kier alpha value is -2.26. The van der Waals surface area contributed by atoms with Gasteiger partial charge in [0.25, 0.3) is 0 Å². The monoisotopic (exact) mass is 278 g/mol. The molecule has 0 unspecified atom stereocenters. The van der Waals surface area contributed by atoms with Gasteiger partial charge < -0.3 is 9.52 Å². The molecule has 104 valence electrons. The molecule has 4 nitrogen and oxygen atoms in total. The average Bonchev–Trinajstić information content (AvgIpc) is 2.95. The van der Waals surface area contributed by atoms with Gasteiger partial charge in [0.1, 0.15) is 17.9 Å². The number of rotatable bonds is 5. The molecular weight excluding hydrogens is 266 g/mol. The van der Waals surface area contributed by atoms with E-state index < -0.39 is 23.5 Å². The number of aromatic nitrogens is 1. The first-order valence-electron chi connectivity index (χ1n) is 6.01. The van der Waals surface area contributed by atoms with Gasteiger partial charge in [-0.3, -0.25) is 0 Å². The van der Waals surface area contributed by atoms with Gasteiger partial charge in [0.15, 0.2) is 6.39 Å². The number of benzene rings is 1. The van der Waals surface area contributed by atoms with E-state index in [1.807, 2.05) is 6.07 Å². The minimum Gasteiger partial charge on any atom is -0.451 e. The third-order valence-corrected chi connectivity index (χ3v) is 3.11. The maximum Gasteiger partial charge on any atom is 0.180 e. The molecule has 0 saturated carbocycles. The Morgan fingerprint density at radius 2 is 2.20 bits per heavy atom. The van der Waals surface area contributed by atoms with Crippen LogP contribution in [0.25, 0.3) is 0 Å². The van der Waals surface area contributed by atoms with Gasteiger partial charge in [0, 0.05) is 12.5 Å². The smallest absolute Gasteiger partial charge is 0.180 e. The first-order chi connectivity index (χ1) is 9.67. The van der Waals surface area contributed by atoms with E-state index in [9.17, 15) is 14.0 Å². The van der Waals surface area contributed by atoms with E-state index >= 15 is 0 Å². The van der Waals surface area contributed by atoms with Crippen LogP contribution in [0, 0.1) is 23.0 Å². The molecule has 0 aliphatic rings. The molecule has 6 heteroatoms. The van der Waals surface area contributed by atoms with Gasteiger partial charge in [-0.2, -0.15) is 5.26 Å². The Bertz CT molecular complexity index is 608. The van der Waals surface area contributed by atoms with E-state index in [1.165, 1.54) is 6.26 Å². The minimum atomic E-state index is -0.822. The normalized spacial score (nSPS) is 13.7. The molecule has 1 aromatic carbocycles. The fourth-order valence-corrected chi connectivity index (χ4v) is 2.18. The van der Waals surface area contributed by atoms with Crippen LogP contribution >= 0.6 is 0 Å². The molecule has 0 bridgehead atoms. The molecule has 2 rings (SSSR count). The van der Waals surface area contributed by atoms with E-state index in [-0.39, 0.29) is 18.6 Å². The number of aliphatic hydroxyl groups is 1. The molecule has 0 saturated heterocycles. The Balaban J connectivity index is 2.45. The summed E-state index contributed by atoms with van der Waals surface area (Å²) >= 11 is 0. The van der Waals surface area contributed by atoms with Gasteiger partial charge in [0.05, 0.1) is 17.7 Å². The topological polar surface area (TPSA) is 70.0 Å². The number of halogens is 2. The molecule has 1 N–H and O–H groups in total. The average molecular weight is 278 g/mol. The lowest BCUT2D eigenvalue weighted by Gasteiger charge is -2.20. The van der Waals surface area contributed by atoms with Crippen LogP contribution in [0.4, 0.5) is 8.78 Å². The minimum absolute atomic E-state index is 0.0496. The molecule has 20 heavy (non-hydrogen) atoms. The van der Waals surface area contributed by atoms with Gasteiger partial charge in [0.2, 0.25) is 0 Å². The van der Waals surface area contributed by atoms with Crippen molar-refractivity contribution in [1.29, 1.82) is 5.26 Å². The Morgan fingerprint density at radius 3 is 2.80 bits per heavy atom. The lowest BCUT2D eigenvalue weighted by Crippen LogP contribution is -2.14. The van der Waals surface area contributed by atoms with E-state index in [2.05, 4.69) is 4.98 Å². The van der Waals surface area contributed by atoms with Crippen molar-refractivity contribution in [2.24, 2.45) is 0 Å². The van der Waals surface area contributed by atoms with Crippen molar-refractivity contribution in [3.8, 4) is 6.07 Å². The predicted octanol–water partition coefficient (Wildman–Crippen LogP) is 2.73. The Morgan fingerprint density at radius 1 is 1.40 bits per heavy atom. The molecule has 0 aliphatic heterocycles. The van der Waals surface area contributed by atoms with Crippen molar-refractivity contribution in [2.45, 2.75) is 18.3 Å². The van der Waals surface area contributed by atoms with Crippen LogP contribution in [0.15, 0.2) is 35.3 Å². The summed E-state index contributed by atoms with van der Waals surface area (Å²) < 4.78 is 32.0. The highest BCUT2D eigenvalue weighted by molar-refractivity contribution is 5.30. The summed E-state index contributed by atoms with van der Waals surface area (Å²) in [5.41, 5.74) is 0.378. The van der Waals surface area contributed by atoms with Gasteiger partial charge >= 0.3 is 0 Å². The van der Waals surface area contributed by atoms with Gasteiger partial charge in [-0.15, -0.1) is 0 Å². The number of hydrogen-bond acceptors (Lipinski definition) is 4. The standard InChI is InChI=1S/C14H12F2N2O2/c15-9-1-2-13(16)11(5-9)10(3-4-19)12(6-17)14-7-20-8-18-14/h1-2,5,7-8,10,12,19H,3-4H2/t10-,12+/m1/s1. The van der Waals surface area contributed by atoms with E-state index in [0.717, 1.165) is 24.6 Å². The number of nitriles is 1. The lowest BCUT2D eigenvalue weighted by atomic mass is 9.82. The summed E-state index contributed by atoms with van der Waals surface area (Å²) in [6.07, 6.45) is 2.57. The summed E-state index contributed by atoms with van der Waals surface area (Å²) in [6, 6.07) is 5.07. The molecule has 0 fully saturated rings. The molecule has 0 radical (unpaired) electrons. The van der Waals surface area contributed by atoms with Gasteiger partial charge in [-0.1, -0.05) is 0 Å². The second-order valence-corrected chi connectivity index (χ2v) is 4.30. The zero-order chi connectivity index (χ0) is 14.5. The molecule has 0 amide bonds. The Labute approximate surface area is 114 Å². The van der Waals surface area contributed by atoms with Crippen molar-refractivity contribution < 1.29 is 18.3 Å². The molecule has 2 atom stereocenters. The van der Waals surface area contributed by atoms with Crippen LogP contribution in [0.1, 0.15) is 29.5 Å². The first kappa shape index (κ1) is 14.2. The van der Waals surface area contributed by atoms with Crippen LogP contribution in [-0.4, -0.2) is 16.7 Å². The fourth-order valence-electron chi connectivity index (χ4n) is 2.18. The van der Waals surface area contributed by atoms with Crippen molar-refractivity contribution in [2.75, 3.05) is 6.61 Å². The molecular formula is C14H12F2N2O2. The molecule has 0 aliphatic carbocycles. The number of hydrogen-bond donors (Lipinski definition) is 1. The maximum absolute atomic E-state index is 13.9. The summed E-state index contributed by atoms with van der Waals surface area (Å²) in [5, 5.41) is 18.4. The summed E-state index contributed by atoms with van der Waals surface area (Å²) in [4.78, 5) is 3.88. The summed E-state index contributed by atoms with van der Waals surface area (Å²) in [6.45, 7) is -0.253. The summed E-state index contributed by atoms with van der Waals surface area (Å²) in [5.74, 6) is -2.74. The number of aliphatic hydroxyl groups excluding tert-OH is 1. The highest BCUT2D eigenvalue weighted by atomic mass is 19.1. The van der Waals surface area contributed by atoms with Crippen molar-refractivity contribution in [3.63, 3.8) is 0 Å². The maximum atomic E-state index is 13.9. The molecule has 2 aromatic rings. The van der Waals surface area contributed by atoms with E-state index in [4.69, 9.17) is 9.52 Å². The quantitative estimate of drug-likeness (QED) is 0.912. The van der Waals surface area contributed by atoms with Crippen LogP contribution in [0.5, 0.6) is 0 Å². The van der Waals surface area contributed by atoms with E-state index in [1.54, 1.807) is 0 Å². The Kier molecular flexibility index (Phi) is 4.43. The van der Waals surface area contributed by atoms with Gasteiger partial charge in [-0.25, -0.2) is 13.8 Å². The third kappa shape index (κ3) is 2.83. The predicted molar refractivity (Wildman–Crippen MR) is 65.7 cm³/mol. The molecule has 0 spiro atoms. The lowest BCUT2D eigenvalue weighted by molar-refractivity contribution is 0.270. The third-order valence-electron chi connectivity index (χ3n) is 3.11. The highest BCUT2D eigenvalue weighted by Crippen LogP contribution is 2.36. The van der Waals surface area contributed by atoms with E-state index in [0.29, 0.717) is 5.69 Å². The second kappa shape index (κ2) is 6.26. The molecule has 1 heterocycles. The molecule has 1 aromatic heterocycles. The van der Waals surface area contributed by atoms with Crippen molar-refractivity contribution in [1.82, 2.24) is 4.98 Å². The fraction of sp³-hybridized carbons (Fsp3) is 0.286. The van der Waals surface area contributed by atoms with Crippen LogP contribution < -0.4 is 0 Å². The van der Waals surface area contributed by atoms with Crippen molar-refractivity contribution in [3.05, 3.63) is 53.7 Å². The van der Waals surface area contributed by atoms with Crippen LogP contribution in [-0.2, 0) is 0 Å². The van der Waals surface area contributed by atoms with Gasteiger partial charge in [-0.05, 0) is 30.2 Å². The SMILES string of the molecule is N#C[C@H](c1cocn1)[C@H](CCO)c1cc(F)ccc1F. The van der Waals surface area contributed by atoms with Crippen molar-refractivity contribution >= 4 is 0 Å².